The summed E-state index contributed by atoms with van der Waals surface area (Å²) in [4.78, 5) is 11.5. The van der Waals surface area contributed by atoms with Gasteiger partial charge in [-0.1, -0.05) is 38.5 Å². The second-order valence-corrected chi connectivity index (χ2v) is 5.95. The molecular weight excluding hydrogens is 280 g/mol. The van der Waals surface area contributed by atoms with Crippen LogP contribution in [-0.2, 0) is 0 Å². The van der Waals surface area contributed by atoms with Gasteiger partial charge in [0.2, 0.25) is 0 Å². The molecule has 2 bridgehead atoms. The first-order valence-electron chi connectivity index (χ1n) is 8.32. The van der Waals surface area contributed by atoms with Crippen molar-refractivity contribution in [2.45, 2.75) is 58.3 Å². The second kappa shape index (κ2) is 8.66. The molecule has 0 radical (unpaired) electrons. The number of fused-ring (bicyclic) bond motifs is 13. The van der Waals surface area contributed by atoms with E-state index in [1.165, 1.54) is 32.1 Å². The number of aryl methyl sites for hydroxylation is 1. The highest BCUT2D eigenvalue weighted by Gasteiger charge is 2.16. The number of aromatic carboxylic acids is 1. The molecule has 0 amide bonds. The summed E-state index contributed by atoms with van der Waals surface area (Å²) in [6.07, 6.45) is 9.33. The minimum absolute atomic E-state index is 0.196. The molecule has 0 fully saturated rings. The first-order chi connectivity index (χ1) is 10.7. The van der Waals surface area contributed by atoms with E-state index in [-0.39, 0.29) is 5.56 Å². The normalized spacial score (nSPS) is 17.5. The Labute approximate surface area is 132 Å². The quantitative estimate of drug-likeness (QED) is 0.824. The van der Waals surface area contributed by atoms with Gasteiger partial charge in [-0.25, -0.2) is 4.79 Å². The summed E-state index contributed by atoms with van der Waals surface area (Å²) in [5, 5.41) is 9.40. The number of carboxylic acid groups (broad SMARTS) is 1. The van der Waals surface area contributed by atoms with Crippen LogP contribution < -0.4 is 9.47 Å². The van der Waals surface area contributed by atoms with Gasteiger partial charge in [0.25, 0.3) is 0 Å². The highest BCUT2D eigenvalue weighted by atomic mass is 16.5. The van der Waals surface area contributed by atoms with E-state index in [4.69, 9.17) is 9.47 Å². The Morgan fingerprint density at radius 2 is 1.45 bits per heavy atom. The van der Waals surface area contributed by atoms with Gasteiger partial charge in [0.15, 0.2) is 0 Å². The molecule has 0 unspecified atom stereocenters. The van der Waals surface area contributed by atoms with E-state index in [9.17, 15) is 9.90 Å². The molecule has 2 heterocycles. The van der Waals surface area contributed by atoms with Gasteiger partial charge in [-0.3, -0.25) is 0 Å². The predicted molar refractivity (Wildman–Crippen MR) is 86.1 cm³/mol. The van der Waals surface area contributed by atoms with E-state index in [0.717, 1.165) is 24.8 Å². The Bertz CT molecular complexity index is 496. The molecule has 0 saturated carbocycles. The smallest absolute Gasteiger partial charge is 0.339 e. The van der Waals surface area contributed by atoms with Crippen LogP contribution in [0.4, 0.5) is 0 Å². The number of carboxylic acids is 1. The summed E-state index contributed by atoms with van der Waals surface area (Å²) in [6, 6.07) is 3.45. The van der Waals surface area contributed by atoms with Crippen molar-refractivity contribution in [3.05, 3.63) is 23.3 Å². The van der Waals surface area contributed by atoms with Gasteiger partial charge < -0.3 is 14.6 Å². The van der Waals surface area contributed by atoms with Gasteiger partial charge in [0, 0.05) is 0 Å². The lowest BCUT2D eigenvalue weighted by molar-refractivity contribution is 0.0691. The van der Waals surface area contributed by atoms with Crippen LogP contribution in [0.2, 0.25) is 0 Å². The van der Waals surface area contributed by atoms with Crippen molar-refractivity contribution in [3.8, 4) is 11.5 Å². The lowest BCUT2D eigenvalue weighted by Gasteiger charge is -2.15. The maximum absolute atomic E-state index is 11.5. The largest absolute Gasteiger partial charge is 0.494 e. The number of benzene rings is 1. The van der Waals surface area contributed by atoms with E-state index < -0.39 is 5.97 Å². The van der Waals surface area contributed by atoms with E-state index in [0.29, 0.717) is 24.7 Å². The lowest BCUT2D eigenvalue weighted by atomic mass is 10.1. The highest BCUT2D eigenvalue weighted by Crippen LogP contribution is 2.30. The SMILES string of the molecule is Cc1cc2cc(C(=O)O)c1OCCCCCCCCCCO2. The van der Waals surface area contributed by atoms with Crippen LogP contribution in [0.25, 0.3) is 0 Å². The fourth-order valence-corrected chi connectivity index (χ4v) is 2.80. The monoisotopic (exact) mass is 306 g/mol. The van der Waals surface area contributed by atoms with Crippen molar-refractivity contribution < 1.29 is 19.4 Å². The molecule has 1 N–H and O–H groups in total. The summed E-state index contributed by atoms with van der Waals surface area (Å²) >= 11 is 0. The zero-order valence-electron chi connectivity index (χ0n) is 13.4. The summed E-state index contributed by atoms with van der Waals surface area (Å²) in [6.45, 7) is 3.08. The van der Waals surface area contributed by atoms with Crippen molar-refractivity contribution >= 4 is 5.97 Å². The molecule has 2 aliphatic heterocycles. The minimum Gasteiger partial charge on any atom is -0.494 e. The number of hydrogen-bond donors (Lipinski definition) is 1. The highest BCUT2D eigenvalue weighted by molar-refractivity contribution is 5.92. The van der Waals surface area contributed by atoms with E-state index in [2.05, 4.69) is 0 Å². The Balaban J connectivity index is 2.15. The van der Waals surface area contributed by atoms with E-state index >= 15 is 0 Å². The van der Waals surface area contributed by atoms with E-state index in [1.807, 2.05) is 13.0 Å². The number of ether oxygens (including phenoxy) is 2. The first-order valence-corrected chi connectivity index (χ1v) is 8.32. The first kappa shape index (κ1) is 16.7. The maximum Gasteiger partial charge on any atom is 0.339 e. The third kappa shape index (κ3) is 4.93. The minimum atomic E-state index is -0.968. The number of rotatable bonds is 1. The van der Waals surface area contributed by atoms with E-state index in [1.54, 1.807) is 6.07 Å². The van der Waals surface area contributed by atoms with Crippen molar-refractivity contribution in [3.63, 3.8) is 0 Å². The molecule has 0 aromatic heterocycles. The molecule has 0 atom stereocenters. The molecule has 1 aromatic carbocycles. The maximum atomic E-state index is 11.5. The molecule has 3 rings (SSSR count). The molecule has 0 saturated heterocycles. The van der Waals surface area contributed by atoms with Crippen LogP contribution in [-0.4, -0.2) is 24.3 Å². The Kier molecular flexibility index (Phi) is 6.56. The van der Waals surface area contributed by atoms with Crippen molar-refractivity contribution in [1.29, 1.82) is 0 Å². The third-order valence-corrected chi connectivity index (χ3v) is 4.03. The number of hydrogen-bond acceptors (Lipinski definition) is 3. The van der Waals surface area contributed by atoms with Gasteiger partial charge in [0.1, 0.15) is 17.1 Å². The predicted octanol–water partition coefficient (Wildman–Crippen LogP) is 4.59. The Hall–Kier alpha value is -1.71. The molecule has 122 valence electrons. The van der Waals surface area contributed by atoms with Gasteiger partial charge in [-0.05, 0) is 37.5 Å². The molecule has 4 heteroatoms. The molecule has 1 aromatic rings. The topological polar surface area (TPSA) is 55.8 Å². The van der Waals surface area contributed by atoms with Crippen LogP contribution in [0.1, 0.15) is 67.3 Å². The second-order valence-electron chi connectivity index (χ2n) is 5.95. The fraction of sp³-hybridized carbons (Fsp3) is 0.611. The fourth-order valence-electron chi connectivity index (χ4n) is 2.80. The Morgan fingerprint density at radius 3 is 2.05 bits per heavy atom. The zero-order valence-corrected chi connectivity index (χ0v) is 13.4. The molecule has 0 aliphatic carbocycles. The summed E-state index contributed by atoms with van der Waals surface area (Å²) in [5.74, 6) is 0.131. The van der Waals surface area contributed by atoms with Gasteiger partial charge in [-0.15, -0.1) is 0 Å². The standard InChI is InChI=1S/C18H26O4/c1-14-12-15-13-16(18(19)20)17(14)22-11-9-7-5-3-2-4-6-8-10-21-15/h12-13H,2-11H2,1H3,(H,19,20). The van der Waals surface area contributed by atoms with Crippen LogP contribution in [0.15, 0.2) is 12.1 Å². The molecule has 22 heavy (non-hydrogen) atoms. The molecule has 0 spiro atoms. The van der Waals surface area contributed by atoms with Crippen molar-refractivity contribution in [1.82, 2.24) is 0 Å². The van der Waals surface area contributed by atoms with Crippen LogP contribution in [0.3, 0.4) is 0 Å². The molecular formula is C18H26O4. The average Bonchev–Trinajstić information content (AvgIpc) is 2.48. The van der Waals surface area contributed by atoms with Gasteiger partial charge >= 0.3 is 5.97 Å². The number of carbonyl (C=O) groups is 1. The summed E-state index contributed by atoms with van der Waals surface area (Å²) in [7, 11) is 0. The zero-order chi connectivity index (χ0) is 15.8. The average molecular weight is 306 g/mol. The molecule has 2 aliphatic rings. The summed E-state index contributed by atoms with van der Waals surface area (Å²) < 4.78 is 11.5. The van der Waals surface area contributed by atoms with Crippen molar-refractivity contribution in [2.75, 3.05) is 13.2 Å². The van der Waals surface area contributed by atoms with Gasteiger partial charge in [0.05, 0.1) is 13.2 Å². The van der Waals surface area contributed by atoms with Crippen LogP contribution in [0, 0.1) is 6.92 Å². The molecule has 4 nitrogen and oxygen atoms in total. The Morgan fingerprint density at radius 1 is 0.909 bits per heavy atom. The van der Waals surface area contributed by atoms with Crippen LogP contribution >= 0.6 is 0 Å². The third-order valence-electron chi connectivity index (χ3n) is 4.03. The van der Waals surface area contributed by atoms with Crippen LogP contribution in [0.5, 0.6) is 11.5 Å². The lowest BCUT2D eigenvalue weighted by Crippen LogP contribution is -2.08. The van der Waals surface area contributed by atoms with Gasteiger partial charge in [-0.2, -0.15) is 0 Å². The summed E-state index contributed by atoms with van der Waals surface area (Å²) in [5.41, 5.74) is 1.02. The van der Waals surface area contributed by atoms with Crippen molar-refractivity contribution in [2.24, 2.45) is 0 Å².